The van der Waals surface area contributed by atoms with E-state index in [9.17, 15) is 0 Å². The van der Waals surface area contributed by atoms with Gasteiger partial charge in [0.15, 0.2) is 34.4 Å². The Bertz CT molecular complexity index is 1140. The van der Waals surface area contributed by atoms with E-state index in [-0.39, 0.29) is 0 Å². The molecule has 6 rings (SSSR count). The molecular formula is C30H40N2O4. The molecule has 0 aromatic heterocycles. The van der Waals surface area contributed by atoms with Gasteiger partial charge >= 0.3 is 0 Å². The Balaban J connectivity index is 1.78. The van der Waals surface area contributed by atoms with E-state index in [0.717, 1.165) is 72.9 Å². The van der Waals surface area contributed by atoms with Gasteiger partial charge in [-0.1, -0.05) is 27.7 Å². The summed E-state index contributed by atoms with van der Waals surface area (Å²) in [6, 6.07) is 4.42. The smallest absolute Gasteiger partial charge is 0.190 e. The lowest BCUT2D eigenvalue weighted by Gasteiger charge is -2.56. The summed E-state index contributed by atoms with van der Waals surface area (Å²) in [6.45, 7) is 10.9. The molecule has 4 heterocycles. The molecule has 0 fully saturated rings. The Kier molecular flexibility index (Phi) is 5.34. The highest BCUT2D eigenvalue weighted by Crippen LogP contribution is 2.66. The monoisotopic (exact) mass is 492 g/mol. The van der Waals surface area contributed by atoms with Crippen LogP contribution in [0.15, 0.2) is 12.1 Å². The highest BCUT2D eigenvalue weighted by molar-refractivity contribution is 5.92. The molecule has 0 spiro atoms. The van der Waals surface area contributed by atoms with Crippen LogP contribution in [0.5, 0.6) is 23.0 Å². The zero-order chi connectivity index (χ0) is 25.6. The summed E-state index contributed by atoms with van der Waals surface area (Å²) in [5.74, 6) is 4.22. The van der Waals surface area contributed by atoms with E-state index < -0.39 is 11.4 Å². The first-order valence-corrected chi connectivity index (χ1v) is 13.5. The van der Waals surface area contributed by atoms with Crippen molar-refractivity contribution in [3.05, 3.63) is 34.4 Å². The van der Waals surface area contributed by atoms with Crippen molar-refractivity contribution < 1.29 is 18.9 Å². The number of nitrogens with zero attached hydrogens (tertiary/aromatic N) is 2. The number of benzene rings is 2. The summed E-state index contributed by atoms with van der Waals surface area (Å²) in [5.41, 5.74) is 6.28. The lowest BCUT2D eigenvalue weighted by atomic mass is 9.71. The van der Waals surface area contributed by atoms with Gasteiger partial charge in [0.2, 0.25) is 0 Å². The van der Waals surface area contributed by atoms with E-state index in [2.05, 4.69) is 63.7 Å². The molecule has 4 aliphatic heterocycles. The maximum atomic E-state index is 7.26. The zero-order valence-corrected chi connectivity index (χ0v) is 23.1. The van der Waals surface area contributed by atoms with Crippen molar-refractivity contribution in [1.29, 1.82) is 0 Å². The fourth-order valence-corrected chi connectivity index (χ4v) is 7.28. The van der Waals surface area contributed by atoms with Crippen LogP contribution in [0.1, 0.15) is 62.8 Å². The van der Waals surface area contributed by atoms with Gasteiger partial charge in [-0.05, 0) is 62.0 Å². The van der Waals surface area contributed by atoms with E-state index in [1.807, 2.05) is 0 Å². The third kappa shape index (κ3) is 2.97. The first kappa shape index (κ1) is 23.9. The van der Waals surface area contributed by atoms with Gasteiger partial charge in [0.25, 0.3) is 0 Å². The Labute approximate surface area is 215 Å². The van der Waals surface area contributed by atoms with Gasteiger partial charge in [0.05, 0.1) is 14.2 Å². The minimum Gasteiger partial charge on any atom is -0.493 e. The highest BCUT2D eigenvalue weighted by atomic mass is 16.6. The number of rotatable bonds is 6. The number of hydrogen-bond donors (Lipinski definition) is 0. The first-order valence-electron chi connectivity index (χ1n) is 13.5. The Morgan fingerprint density at radius 2 is 1.14 bits per heavy atom. The molecule has 0 unspecified atom stereocenters. The number of hydrogen-bond acceptors (Lipinski definition) is 6. The van der Waals surface area contributed by atoms with Gasteiger partial charge in [0, 0.05) is 48.2 Å². The molecule has 0 radical (unpaired) electrons. The third-order valence-electron chi connectivity index (χ3n) is 8.70. The molecular weight excluding hydrogens is 452 g/mol. The van der Waals surface area contributed by atoms with E-state index in [1.54, 1.807) is 14.2 Å². The van der Waals surface area contributed by atoms with Crippen molar-refractivity contribution in [3.63, 3.8) is 0 Å². The van der Waals surface area contributed by atoms with Gasteiger partial charge < -0.3 is 18.9 Å². The van der Waals surface area contributed by atoms with Gasteiger partial charge in [-0.25, -0.2) is 0 Å². The molecule has 0 bridgehead atoms. The zero-order valence-electron chi connectivity index (χ0n) is 23.1. The number of likely N-dealkylation sites (N-methyl/N-ethyl adjacent to an activating group) is 2. The van der Waals surface area contributed by atoms with Crippen LogP contribution < -0.4 is 18.9 Å². The molecule has 4 aliphatic rings. The van der Waals surface area contributed by atoms with Gasteiger partial charge in [-0.2, -0.15) is 0 Å². The highest BCUT2D eigenvalue weighted by Gasteiger charge is 2.57. The molecule has 0 aliphatic carbocycles. The fourth-order valence-electron chi connectivity index (χ4n) is 7.28. The van der Waals surface area contributed by atoms with Crippen molar-refractivity contribution >= 4 is 0 Å². The van der Waals surface area contributed by atoms with Crippen LogP contribution in [0.4, 0.5) is 0 Å². The first-order chi connectivity index (χ1) is 17.2. The van der Waals surface area contributed by atoms with Gasteiger partial charge in [0.1, 0.15) is 0 Å². The molecule has 0 saturated heterocycles. The Morgan fingerprint density at radius 3 is 1.47 bits per heavy atom. The number of methoxy groups -OCH3 is 2. The molecule has 0 amide bonds. The lowest BCUT2D eigenvalue weighted by Crippen LogP contribution is -2.58. The largest absolute Gasteiger partial charge is 0.493 e. The maximum absolute atomic E-state index is 7.26. The van der Waals surface area contributed by atoms with Gasteiger partial charge in [-0.3, -0.25) is 9.80 Å². The summed E-state index contributed by atoms with van der Waals surface area (Å²) in [5, 5.41) is 0. The van der Waals surface area contributed by atoms with Crippen LogP contribution in [0.3, 0.4) is 0 Å². The van der Waals surface area contributed by atoms with Crippen LogP contribution in [0.2, 0.25) is 0 Å². The second-order valence-electron chi connectivity index (χ2n) is 11.9. The standard InChI is InChI=1S/C30H40N2O4/c1-17(2)15-29-25-19(9-11-31(29)5)13-22(34-8)28-23(25)24-26-20(14-21(33-7)27(24)35-29)10-12-32(6)30(26,36-28)16-18(3)4/h13-14,17-18H,9-12,15-16H2,1-8H3/t29-,30-/m1/s1. The second kappa shape index (κ2) is 8.03. The minimum atomic E-state index is -0.575. The van der Waals surface area contributed by atoms with Crippen molar-refractivity contribution in [1.82, 2.24) is 9.80 Å². The number of ether oxygens (including phenoxy) is 4. The van der Waals surface area contributed by atoms with Crippen molar-refractivity contribution in [2.24, 2.45) is 11.8 Å². The van der Waals surface area contributed by atoms with Crippen LogP contribution in [0.25, 0.3) is 11.1 Å². The normalized spacial score (nSPS) is 25.9. The predicted molar refractivity (Wildman–Crippen MR) is 141 cm³/mol. The van der Waals surface area contributed by atoms with Crippen LogP contribution in [-0.2, 0) is 24.3 Å². The fraction of sp³-hybridized carbons (Fsp3) is 0.600. The second-order valence-corrected chi connectivity index (χ2v) is 11.9. The molecule has 2 atom stereocenters. The van der Waals surface area contributed by atoms with Crippen molar-refractivity contribution in [3.8, 4) is 34.1 Å². The molecule has 36 heavy (non-hydrogen) atoms. The quantitative estimate of drug-likeness (QED) is 0.528. The van der Waals surface area contributed by atoms with Crippen molar-refractivity contribution in [2.75, 3.05) is 41.4 Å². The summed E-state index contributed by atoms with van der Waals surface area (Å²) in [4.78, 5) is 4.79. The summed E-state index contributed by atoms with van der Waals surface area (Å²) < 4.78 is 26.6. The van der Waals surface area contributed by atoms with E-state index in [1.165, 1.54) is 22.3 Å². The molecule has 0 saturated carbocycles. The lowest BCUT2D eigenvalue weighted by molar-refractivity contribution is -0.116. The molecule has 194 valence electrons. The summed E-state index contributed by atoms with van der Waals surface area (Å²) in [6.07, 6.45) is 3.67. The van der Waals surface area contributed by atoms with Crippen LogP contribution in [-0.4, -0.2) is 51.2 Å². The summed E-state index contributed by atoms with van der Waals surface area (Å²) in [7, 11) is 7.91. The predicted octanol–water partition coefficient (Wildman–Crippen LogP) is 5.53. The molecule has 6 nitrogen and oxygen atoms in total. The molecule has 2 aromatic carbocycles. The van der Waals surface area contributed by atoms with E-state index in [4.69, 9.17) is 18.9 Å². The van der Waals surface area contributed by atoms with Crippen LogP contribution >= 0.6 is 0 Å². The Morgan fingerprint density at radius 1 is 0.750 bits per heavy atom. The average Bonchev–Trinajstić information content (AvgIpc) is 2.83. The summed E-state index contributed by atoms with van der Waals surface area (Å²) >= 11 is 0. The topological polar surface area (TPSA) is 43.4 Å². The molecule has 2 aromatic rings. The molecule has 6 heteroatoms. The van der Waals surface area contributed by atoms with E-state index in [0.29, 0.717) is 11.8 Å². The third-order valence-corrected chi connectivity index (χ3v) is 8.70. The van der Waals surface area contributed by atoms with Crippen molar-refractivity contribution in [2.45, 2.75) is 64.8 Å². The average molecular weight is 493 g/mol. The maximum Gasteiger partial charge on any atom is 0.190 e. The van der Waals surface area contributed by atoms with E-state index >= 15 is 0 Å². The molecule has 0 N–H and O–H groups in total. The van der Waals surface area contributed by atoms with Crippen LogP contribution in [0, 0.1) is 11.8 Å². The van der Waals surface area contributed by atoms with Gasteiger partial charge in [-0.15, -0.1) is 0 Å². The SMILES string of the molecule is COc1cc2c3c4c1O[C@]1(CC(C)C)c5c(cc(OC)c(c5-4)O[C@@]3(CC(C)C)N(C)CC2)CCN1C. The minimum absolute atomic E-state index is 0.442. The Hall–Kier alpha value is -2.44.